The topological polar surface area (TPSA) is 111 Å². The van der Waals surface area contributed by atoms with Gasteiger partial charge in [0.25, 0.3) is 6.04 Å². The molecule has 4 aliphatic carbocycles. The lowest BCUT2D eigenvalue weighted by atomic mass is 9.54. The summed E-state index contributed by atoms with van der Waals surface area (Å²) in [6, 6.07) is 20.2. The molecule has 0 bridgehead atoms. The molecule has 2 N–H and O–H groups in total. The second-order valence-corrected chi connectivity index (χ2v) is 15.8. The van der Waals surface area contributed by atoms with Gasteiger partial charge in [-0.15, -0.1) is 0 Å². The Bertz CT molecular complexity index is 2180. The Kier molecular flexibility index (Phi) is 12.2. The fraction of sp³-hybridized carbons (Fsp3) is 0.478. The summed E-state index contributed by atoms with van der Waals surface area (Å²) < 4.78 is 9.72. The number of aromatic nitrogens is 4. The highest BCUT2D eigenvalue weighted by Gasteiger charge is 2.57. The number of benzene rings is 2. The molecule has 4 aliphatic rings. The second-order valence-electron chi connectivity index (χ2n) is 15.8. The van der Waals surface area contributed by atoms with E-state index in [9.17, 15) is 9.59 Å². The average molecular weight is 758 g/mol. The fourth-order valence-electron chi connectivity index (χ4n) is 10.5. The molecule has 0 aliphatic heterocycles. The SMILES string of the molecule is CNO.[3H]C.[C-]#[N+]C1=C[C@]2(C)c3nn(C)c(-c4ccccc4)c3CC[C@H]2[C@H](CC)C1=O.[C-]#[N+]C1C[C@]2(C)c3nn(C)c(-c4ccccc4)c3CC[C@H]2[C@H](CC)C1=O. The van der Waals surface area contributed by atoms with Gasteiger partial charge in [-0.05, 0) is 50.4 Å². The van der Waals surface area contributed by atoms with Gasteiger partial charge < -0.3 is 14.8 Å². The van der Waals surface area contributed by atoms with Crippen molar-refractivity contribution in [3.63, 3.8) is 0 Å². The molecule has 10 nitrogen and oxygen atoms in total. The van der Waals surface area contributed by atoms with Gasteiger partial charge in [0.15, 0.2) is 5.78 Å². The highest BCUT2D eigenvalue weighted by atomic mass is 16.5. The van der Waals surface area contributed by atoms with Crippen LogP contribution >= 0.6 is 0 Å². The van der Waals surface area contributed by atoms with Gasteiger partial charge in [-0.25, -0.2) is 16.9 Å². The Hall–Kier alpha value is -5.16. The van der Waals surface area contributed by atoms with E-state index >= 15 is 0 Å². The molecule has 4 aromatic rings. The number of hydrogen-bond donors (Lipinski definition) is 2. The maximum atomic E-state index is 12.8. The number of ketones is 2. The van der Waals surface area contributed by atoms with Crippen molar-refractivity contribution >= 4 is 11.6 Å². The number of hydrogen-bond acceptors (Lipinski definition) is 6. The van der Waals surface area contributed by atoms with Crippen molar-refractivity contribution in [1.29, 1.82) is 0 Å². The van der Waals surface area contributed by atoms with Gasteiger partial charge in [0, 0.05) is 73.9 Å². The van der Waals surface area contributed by atoms with Crippen LogP contribution in [0.5, 0.6) is 0 Å². The monoisotopic (exact) mass is 757 g/mol. The van der Waals surface area contributed by atoms with E-state index in [2.05, 4.69) is 73.8 Å². The van der Waals surface area contributed by atoms with Crippen LogP contribution in [0.3, 0.4) is 0 Å². The lowest BCUT2D eigenvalue weighted by Gasteiger charge is -2.47. The smallest absolute Gasteiger partial charge is 0.282 e. The Labute approximate surface area is 334 Å². The van der Waals surface area contributed by atoms with Gasteiger partial charge in [0.2, 0.25) is 11.5 Å². The standard InChI is InChI=1S/C22H25N3O.C22H23N3O.CH5NO.CH4/c2*1-5-15-17-12-11-16-19(14-9-7-6-8-10-14)25(4)24-21(16)22(17,2)13-18(23-3)20(15)26;1-2-3;/h6-10,15,17-18H,5,11-13H2,1-2,4H3;6-10,13,15,17H,5,11-12H2,1-2,4H3;2-3H,1H3;1H4/t15-,17-,18?,22-;15-,17-,22-;;/m00../s1/i;;;1T. The number of rotatable bonds is 4. The van der Waals surface area contributed by atoms with Crippen molar-refractivity contribution in [2.75, 3.05) is 7.05 Å². The van der Waals surface area contributed by atoms with Crippen molar-refractivity contribution in [1.82, 2.24) is 25.0 Å². The van der Waals surface area contributed by atoms with Gasteiger partial charge in [-0.1, -0.05) is 102 Å². The van der Waals surface area contributed by atoms with Crippen LogP contribution in [-0.2, 0) is 47.4 Å². The molecular weight excluding hydrogens is 699 g/mol. The molecule has 56 heavy (non-hydrogen) atoms. The highest BCUT2D eigenvalue weighted by molar-refractivity contribution is 6.00. The number of carbonyl (C=O) groups is 2. The molecule has 2 aromatic carbocycles. The third kappa shape index (κ3) is 6.95. The summed E-state index contributed by atoms with van der Waals surface area (Å²) in [5, 5.41) is 17.2. The maximum absolute atomic E-state index is 12.8. The van der Waals surface area contributed by atoms with Crippen molar-refractivity contribution in [2.24, 2.45) is 37.8 Å². The molecule has 2 heterocycles. The van der Waals surface area contributed by atoms with Gasteiger partial charge in [0.05, 0.1) is 29.3 Å². The van der Waals surface area contributed by atoms with E-state index in [1.54, 1.807) is 5.48 Å². The molecule has 1 fully saturated rings. The predicted octanol–water partition coefficient (Wildman–Crippen LogP) is 8.74. The number of nitrogens with zero attached hydrogens (tertiary/aromatic N) is 6. The Morgan fingerprint density at radius 2 is 1.34 bits per heavy atom. The second kappa shape index (κ2) is 16.9. The molecule has 0 amide bonds. The van der Waals surface area contributed by atoms with E-state index in [1.165, 1.54) is 42.4 Å². The Morgan fingerprint density at radius 3 is 1.82 bits per heavy atom. The number of aryl methyl sites for hydroxylation is 2. The van der Waals surface area contributed by atoms with Crippen LogP contribution in [0.15, 0.2) is 72.4 Å². The third-order valence-electron chi connectivity index (χ3n) is 12.9. The lowest BCUT2D eigenvalue weighted by Crippen LogP contribution is -2.52. The molecule has 2 aromatic heterocycles. The molecule has 1 saturated carbocycles. The minimum atomic E-state index is -0.519. The van der Waals surface area contributed by atoms with E-state index in [0.29, 0.717) is 12.3 Å². The first-order chi connectivity index (χ1) is 27.4. The molecule has 294 valence electrons. The molecule has 0 radical (unpaired) electrons. The Morgan fingerprint density at radius 1 is 0.857 bits per heavy atom. The zero-order valence-electron chi connectivity index (χ0n) is 35.1. The van der Waals surface area contributed by atoms with Crippen LogP contribution in [0.4, 0.5) is 0 Å². The summed E-state index contributed by atoms with van der Waals surface area (Å²) in [4.78, 5) is 32.7. The first-order valence-corrected chi connectivity index (χ1v) is 19.5. The summed E-state index contributed by atoms with van der Waals surface area (Å²) in [6.45, 7) is 23.5. The Balaban J connectivity index is 0.000000196. The van der Waals surface area contributed by atoms with Gasteiger partial charge >= 0.3 is 0 Å². The van der Waals surface area contributed by atoms with Crippen LogP contribution in [0.2, 0.25) is 0 Å². The van der Waals surface area contributed by atoms with Crippen molar-refractivity contribution in [3.05, 3.63) is 118 Å². The summed E-state index contributed by atoms with van der Waals surface area (Å²) in [5.74, 6) is 0.605. The molecule has 0 spiro atoms. The zero-order valence-corrected chi connectivity index (χ0v) is 34.1. The summed E-state index contributed by atoms with van der Waals surface area (Å²) in [5.41, 5.74) is 10.9. The largest absolute Gasteiger partial charge is 0.317 e. The van der Waals surface area contributed by atoms with Crippen LogP contribution in [0.25, 0.3) is 32.2 Å². The van der Waals surface area contributed by atoms with Crippen LogP contribution in [-0.4, -0.2) is 49.4 Å². The first-order valence-electron chi connectivity index (χ1n) is 20.5. The summed E-state index contributed by atoms with van der Waals surface area (Å²) in [6.07, 6.45) is 7.95. The van der Waals surface area contributed by atoms with E-state index in [4.69, 9.17) is 29.9 Å². The van der Waals surface area contributed by atoms with Gasteiger partial charge in [-0.3, -0.25) is 14.2 Å². The quantitative estimate of drug-likeness (QED) is 0.159. The fourth-order valence-corrected chi connectivity index (χ4v) is 10.5. The van der Waals surface area contributed by atoms with E-state index in [1.807, 2.05) is 53.8 Å². The molecule has 1 unspecified atom stereocenters. The molecule has 8 rings (SSSR count). The molecular formula is C46H57N7O3. The minimum absolute atomic E-state index is 0.0109. The van der Waals surface area contributed by atoms with E-state index in [-0.39, 0.29) is 45.8 Å². The molecule has 7 atom stereocenters. The third-order valence-corrected chi connectivity index (χ3v) is 12.9. The lowest BCUT2D eigenvalue weighted by molar-refractivity contribution is -0.130. The number of allylic oxidation sites excluding steroid dienone is 2. The number of carbonyl (C=O) groups excluding carboxylic acids is 2. The highest BCUT2D eigenvalue weighted by Crippen LogP contribution is 2.54. The van der Waals surface area contributed by atoms with Crippen LogP contribution in [0, 0.1) is 36.8 Å². The van der Waals surface area contributed by atoms with Crippen molar-refractivity contribution in [3.8, 4) is 22.5 Å². The average Bonchev–Trinajstić information content (AvgIpc) is 3.76. The van der Waals surface area contributed by atoms with Gasteiger partial charge in [-0.2, -0.15) is 10.2 Å². The predicted molar refractivity (Wildman–Crippen MR) is 220 cm³/mol. The maximum Gasteiger partial charge on any atom is 0.282 e. The van der Waals surface area contributed by atoms with Crippen LogP contribution < -0.4 is 5.48 Å². The summed E-state index contributed by atoms with van der Waals surface area (Å²) >= 11 is 0. The number of fused-ring (bicyclic) bond motifs is 6. The number of Topliss-reactive ketones (excluding diaryl/α,β-unsaturated/α-hetero) is 2. The first kappa shape index (κ1) is 40.5. The van der Waals surface area contributed by atoms with Gasteiger partial charge in [0.1, 0.15) is 0 Å². The van der Waals surface area contributed by atoms with E-state index < -0.39 is 6.04 Å². The molecule has 10 heteroatoms. The normalized spacial score (nSPS) is 27.2. The van der Waals surface area contributed by atoms with Crippen molar-refractivity contribution in [2.45, 2.75) is 96.9 Å². The summed E-state index contributed by atoms with van der Waals surface area (Å²) in [7, 11) is 6.68. The zero-order chi connectivity index (χ0) is 41.7. The number of nitrogens with one attached hydrogen (secondary N) is 1. The molecule has 0 saturated heterocycles. The minimum Gasteiger partial charge on any atom is -0.317 e. The van der Waals surface area contributed by atoms with Crippen molar-refractivity contribution < 1.29 is 16.2 Å². The number of hydroxylamine groups is 1. The van der Waals surface area contributed by atoms with E-state index in [0.717, 1.165) is 55.6 Å². The van der Waals surface area contributed by atoms with Crippen LogP contribution in [0.1, 0.15) is 91.1 Å².